The van der Waals surface area contributed by atoms with Crippen molar-refractivity contribution in [3.63, 3.8) is 0 Å². The number of nitrogens with zero attached hydrogens (tertiary/aromatic N) is 1. The van der Waals surface area contributed by atoms with E-state index in [9.17, 15) is 0 Å². The van der Waals surface area contributed by atoms with Gasteiger partial charge in [-0.2, -0.15) is 0 Å². The lowest BCUT2D eigenvalue weighted by Crippen LogP contribution is -2.52. The third kappa shape index (κ3) is 3.44. The van der Waals surface area contributed by atoms with Crippen LogP contribution < -0.4 is 5.32 Å². The number of ether oxygens (including phenoxy) is 1. The highest BCUT2D eigenvalue weighted by Crippen LogP contribution is 2.24. The zero-order valence-corrected chi connectivity index (χ0v) is 10.7. The molecule has 2 rings (SSSR count). The molecule has 16 heavy (non-hydrogen) atoms. The standard InChI is InChI=1S/C13H26N2O/c1-11(2)16-9-8-15-7-5-13-12(10-15)4-3-6-14-13/h11-14H,3-10H2,1-2H3. The van der Waals surface area contributed by atoms with E-state index in [-0.39, 0.29) is 0 Å². The highest BCUT2D eigenvalue weighted by molar-refractivity contribution is 4.88. The first kappa shape index (κ1) is 12.3. The van der Waals surface area contributed by atoms with Gasteiger partial charge in [-0.15, -0.1) is 0 Å². The van der Waals surface area contributed by atoms with E-state index in [0.29, 0.717) is 6.10 Å². The molecule has 2 atom stereocenters. The van der Waals surface area contributed by atoms with Gasteiger partial charge in [-0.05, 0) is 52.1 Å². The lowest BCUT2D eigenvalue weighted by atomic mass is 9.85. The molecule has 0 aromatic carbocycles. The van der Waals surface area contributed by atoms with Gasteiger partial charge in [0.2, 0.25) is 0 Å². The first-order valence-corrected chi connectivity index (χ1v) is 6.83. The highest BCUT2D eigenvalue weighted by atomic mass is 16.5. The fraction of sp³-hybridized carbons (Fsp3) is 1.00. The van der Waals surface area contributed by atoms with Crippen LogP contribution in [0.5, 0.6) is 0 Å². The minimum absolute atomic E-state index is 0.369. The Kier molecular flexibility index (Phi) is 4.62. The predicted molar refractivity (Wildman–Crippen MR) is 66.7 cm³/mol. The van der Waals surface area contributed by atoms with Crippen molar-refractivity contribution in [1.29, 1.82) is 0 Å². The maximum atomic E-state index is 5.62. The molecule has 0 aliphatic carbocycles. The fourth-order valence-corrected chi connectivity index (χ4v) is 2.94. The van der Waals surface area contributed by atoms with Crippen LogP contribution in [-0.4, -0.2) is 49.8 Å². The summed E-state index contributed by atoms with van der Waals surface area (Å²) in [5.41, 5.74) is 0. The van der Waals surface area contributed by atoms with Gasteiger partial charge in [-0.1, -0.05) is 0 Å². The minimum Gasteiger partial charge on any atom is -0.377 e. The zero-order valence-electron chi connectivity index (χ0n) is 10.7. The van der Waals surface area contributed by atoms with Crippen molar-refractivity contribution in [2.45, 2.75) is 45.3 Å². The summed E-state index contributed by atoms with van der Waals surface area (Å²) in [6.45, 7) is 9.98. The van der Waals surface area contributed by atoms with Gasteiger partial charge < -0.3 is 15.0 Å². The number of hydrogen-bond acceptors (Lipinski definition) is 3. The molecule has 0 aromatic heterocycles. The van der Waals surface area contributed by atoms with Crippen LogP contribution in [0.4, 0.5) is 0 Å². The second kappa shape index (κ2) is 5.99. The third-order valence-corrected chi connectivity index (χ3v) is 3.83. The van der Waals surface area contributed by atoms with Crippen molar-refractivity contribution in [3.8, 4) is 0 Å². The van der Waals surface area contributed by atoms with Crippen LogP contribution in [0.3, 0.4) is 0 Å². The Bertz CT molecular complexity index is 208. The number of nitrogens with one attached hydrogen (secondary N) is 1. The summed E-state index contributed by atoms with van der Waals surface area (Å²) < 4.78 is 5.62. The van der Waals surface area contributed by atoms with Crippen LogP contribution in [0.25, 0.3) is 0 Å². The Morgan fingerprint density at radius 1 is 1.38 bits per heavy atom. The molecule has 1 N–H and O–H groups in total. The van der Waals surface area contributed by atoms with Gasteiger partial charge in [0.05, 0.1) is 12.7 Å². The van der Waals surface area contributed by atoms with E-state index >= 15 is 0 Å². The maximum absolute atomic E-state index is 5.62. The summed E-state index contributed by atoms with van der Waals surface area (Å²) in [5.74, 6) is 0.890. The number of hydrogen-bond donors (Lipinski definition) is 1. The van der Waals surface area contributed by atoms with E-state index in [1.807, 2.05) is 0 Å². The SMILES string of the molecule is CC(C)OCCN1CCC2NCCCC2C1. The van der Waals surface area contributed by atoms with E-state index in [4.69, 9.17) is 4.74 Å². The quantitative estimate of drug-likeness (QED) is 0.786. The summed E-state index contributed by atoms with van der Waals surface area (Å²) in [6.07, 6.45) is 4.47. The second-order valence-electron chi connectivity index (χ2n) is 5.47. The third-order valence-electron chi connectivity index (χ3n) is 3.83. The topological polar surface area (TPSA) is 24.5 Å². The molecule has 2 aliphatic rings. The smallest absolute Gasteiger partial charge is 0.0596 e. The van der Waals surface area contributed by atoms with E-state index < -0.39 is 0 Å². The number of fused-ring (bicyclic) bond motifs is 1. The molecule has 2 aliphatic heterocycles. The van der Waals surface area contributed by atoms with Crippen molar-refractivity contribution in [1.82, 2.24) is 10.2 Å². The lowest BCUT2D eigenvalue weighted by Gasteiger charge is -2.41. The van der Waals surface area contributed by atoms with Gasteiger partial charge in [0.25, 0.3) is 0 Å². The van der Waals surface area contributed by atoms with Crippen LogP contribution in [0.15, 0.2) is 0 Å². The Balaban J connectivity index is 1.68. The lowest BCUT2D eigenvalue weighted by molar-refractivity contribution is 0.0392. The molecule has 0 radical (unpaired) electrons. The summed E-state index contributed by atoms with van der Waals surface area (Å²) in [7, 11) is 0. The second-order valence-corrected chi connectivity index (χ2v) is 5.47. The molecule has 0 spiro atoms. The predicted octanol–water partition coefficient (Wildman–Crippen LogP) is 1.49. The van der Waals surface area contributed by atoms with Gasteiger partial charge >= 0.3 is 0 Å². The Labute approximate surface area is 99.5 Å². The Morgan fingerprint density at radius 2 is 2.25 bits per heavy atom. The van der Waals surface area contributed by atoms with Crippen LogP contribution in [0, 0.1) is 5.92 Å². The highest BCUT2D eigenvalue weighted by Gasteiger charge is 2.30. The molecule has 0 aromatic rings. The molecule has 0 bridgehead atoms. The largest absolute Gasteiger partial charge is 0.377 e. The van der Waals surface area contributed by atoms with Crippen LogP contribution in [-0.2, 0) is 4.74 Å². The van der Waals surface area contributed by atoms with Crippen molar-refractivity contribution in [2.75, 3.05) is 32.8 Å². The molecule has 2 heterocycles. The molecule has 2 saturated heterocycles. The van der Waals surface area contributed by atoms with Crippen molar-refractivity contribution in [2.24, 2.45) is 5.92 Å². The van der Waals surface area contributed by atoms with Crippen molar-refractivity contribution < 1.29 is 4.74 Å². The van der Waals surface area contributed by atoms with E-state index in [0.717, 1.165) is 25.1 Å². The molecule has 3 heteroatoms. The summed E-state index contributed by atoms with van der Waals surface area (Å²) in [6, 6.07) is 0.802. The number of likely N-dealkylation sites (tertiary alicyclic amines) is 1. The summed E-state index contributed by atoms with van der Waals surface area (Å²) in [5, 5.41) is 3.66. The Morgan fingerprint density at radius 3 is 3.06 bits per heavy atom. The zero-order chi connectivity index (χ0) is 11.4. The minimum atomic E-state index is 0.369. The van der Waals surface area contributed by atoms with Gasteiger partial charge in [0, 0.05) is 19.1 Å². The molecular weight excluding hydrogens is 200 g/mol. The Hall–Kier alpha value is -0.120. The van der Waals surface area contributed by atoms with Crippen molar-refractivity contribution >= 4 is 0 Å². The first-order chi connectivity index (χ1) is 7.75. The van der Waals surface area contributed by atoms with Crippen molar-refractivity contribution in [3.05, 3.63) is 0 Å². The molecule has 2 fully saturated rings. The van der Waals surface area contributed by atoms with Gasteiger partial charge in [-0.3, -0.25) is 0 Å². The number of rotatable bonds is 4. The van der Waals surface area contributed by atoms with Crippen LogP contribution in [0.1, 0.15) is 33.1 Å². The molecule has 0 amide bonds. The van der Waals surface area contributed by atoms with Crippen LogP contribution in [0.2, 0.25) is 0 Å². The monoisotopic (exact) mass is 226 g/mol. The van der Waals surface area contributed by atoms with Gasteiger partial charge in [-0.25, -0.2) is 0 Å². The van der Waals surface area contributed by atoms with E-state index in [2.05, 4.69) is 24.1 Å². The maximum Gasteiger partial charge on any atom is 0.0596 e. The number of piperidine rings is 2. The molecule has 3 nitrogen and oxygen atoms in total. The van der Waals surface area contributed by atoms with E-state index in [1.54, 1.807) is 0 Å². The first-order valence-electron chi connectivity index (χ1n) is 6.83. The molecule has 94 valence electrons. The molecular formula is C13H26N2O. The molecule has 0 saturated carbocycles. The van der Waals surface area contributed by atoms with Crippen LogP contribution >= 0.6 is 0 Å². The average molecular weight is 226 g/mol. The fourth-order valence-electron chi connectivity index (χ4n) is 2.94. The van der Waals surface area contributed by atoms with Gasteiger partial charge in [0.15, 0.2) is 0 Å². The summed E-state index contributed by atoms with van der Waals surface area (Å²) in [4.78, 5) is 2.58. The normalized spacial score (nSPS) is 31.7. The van der Waals surface area contributed by atoms with E-state index in [1.165, 1.54) is 38.9 Å². The van der Waals surface area contributed by atoms with Gasteiger partial charge in [0.1, 0.15) is 0 Å². The summed E-state index contributed by atoms with van der Waals surface area (Å²) >= 11 is 0. The molecule has 2 unspecified atom stereocenters. The average Bonchev–Trinajstić information content (AvgIpc) is 2.28.